The number of hydrogen-bond acceptors (Lipinski definition) is 6. The zero-order valence-corrected chi connectivity index (χ0v) is 15.3. The van der Waals surface area contributed by atoms with Crippen LogP contribution in [0, 0.1) is 0 Å². The highest BCUT2D eigenvalue weighted by Gasteiger charge is 2.29. The minimum atomic E-state index is -3.56. The van der Waals surface area contributed by atoms with Crippen molar-refractivity contribution >= 4 is 21.1 Å². The first-order valence-corrected chi connectivity index (χ1v) is 10.5. The van der Waals surface area contributed by atoms with Crippen molar-refractivity contribution in [2.45, 2.75) is 41.0 Å². The molecule has 0 heterocycles. The van der Waals surface area contributed by atoms with Gasteiger partial charge in [-0.2, -0.15) is 4.76 Å². The molecule has 9 heteroatoms. The van der Waals surface area contributed by atoms with Crippen LogP contribution in [-0.2, 0) is 27.2 Å². The van der Waals surface area contributed by atoms with Crippen LogP contribution in [0.2, 0.25) is 0 Å². The van der Waals surface area contributed by atoms with Gasteiger partial charge in [0, 0.05) is 5.71 Å². The molecule has 0 aliphatic carbocycles. The van der Waals surface area contributed by atoms with Gasteiger partial charge in [-0.15, -0.1) is 0 Å². The van der Waals surface area contributed by atoms with Gasteiger partial charge in [0.2, 0.25) is 0 Å². The standard InChI is InChI=1S/C12H27NO6P2/c1-6-12(11-20(14,16-7-2)17-8-3)13-21(15,18-9-4)19-10-5/h6-11H2,1-5H3/b13-12+. The van der Waals surface area contributed by atoms with E-state index in [1.54, 1.807) is 27.7 Å². The van der Waals surface area contributed by atoms with Gasteiger partial charge < -0.3 is 9.05 Å². The molecule has 0 fully saturated rings. The van der Waals surface area contributed by atoms with Crippen LogP contribution in [0.25, 0.3) is 0 Å². The molecule has 0 N–H and O–H groups in total. The number of hydrogen-bond donors (Lipinski definition) is 0. The van der Waals surface area contributed by atoms with Crippen LogP contribution in [0.3, 0.4) is 0 Å². The van der Waals surface area contributed by atoms with Crippen LogP contribution >= 0.6 is 15.3 Å². The van der Waals surface area contributed by atoms with Gasteiger partial charge >= 0.3 is 15.3 Å². The van der Waals surface area contributed by atoms with Crippen molar-refractivity contribution in [3.63, 3.8) is 0 Å². The second-order valence-electron chi connectivity index (χ2n) is 3.93. The Morgan fingerprint density at radius 3 is 1.57 bits per heavy atom. The SMILES string of the molecule is CCOP(=O)(C/C(CC)=N/P(=O)(OCC)OCC)OCC. The third-order valence-corrected chi connectivity index (χ3v) is 6.04. The van der Waals surface area contributed by atoms with Gasteiger partial charge in [0.15, 0.2) is 0 Å². The smallest absolute Gasteiger partial charge is 0.309 e. The molecule has 0 aromatic heterocycles. The van der Waals surface area contributed by atoms with E-state index in [0.29, 0.717) is 12.1 Å². The summed E-state index contributed by atoms with van der Waals surface area (Å²) in [6.45, 7) is 9.67. The Hall–Kier alpha value is -0.0300. The monoisotopic (exact) mass is 343 g/mol. The topological polar surface area (TPSA) is 83.4 Å². The van der Waals surface area contributed by atoms with Gasteiger partial charge in [-0.05, 0) is 34.1 Å². The average molecular weight is 343 g/mol. The molecule has 0 rings (SSSR count). The average Bonchev–Trinajstić information content (AvgIpc) is 2.38. The summed E-state index contributed by atoms with van der Waals surface area (Å²) >= 11 is 0. The van der Waals surface area contributed by atoms with E-state index in [2.05, 4.69) is 4.76 Å². The number of rotatable bonds is 12. The highest BCUT2D eigenvalue weighted by molar-refractivity contribution is 7.55. The van der Waals surface area contributed by atoms with Gasteiger partial charge in [-0.25, -0.2) is 4.57 Å². The van der Waals surface area contributed by atoms with Gasteiger partial charge in [0.05, 0.1) is 32.6 Å². The van der Waals surface area contributed by atoms with E-state index in [0.717, 1.165) is 0 Å². The maximum atomic E-state index is 12.5. The molecule has 0 radical (unpaired) electrons. The van der Waals surface area contributed by atoms with Crippen molar-refractivity contribution in [1.29, 1.82) is 0 Å². The summed E-state index contributed by atoms with van der Waals surface area (Å²) in [6, 6.07) is 0. The summed E-state index contributed by atoms with van der Waals surface area (Å²) in [7, 11) is -6.84. The fourth-order valence-electron chi connectivity index (χ4n) is 1.55. The van der Waals surface area contributed by atoms with Crippen LogP contribution in [0.5, 0.6) is 0 Å². The van der Waals surface area contributed by atoms with Crippen molar-refractivity contribution in [3.05, 3.63) is 0 Å². The zero-order chi connectivity index (χ0) is 16.4. The second-order valence-corrected chi connectivity index (χ2v) is 7.64. The lowest BCUT2D eigenvalue weighted by Crippen LogP contribution is -2.10. The third kappa shape index (κ3) is 8.24. The van der Waals surface area contributed by atoms with E-state index >= 15 is 0 Å². The van der Waals surface area contributed by atoms with Gasteiger partial charge in [-0.3, -0.25) is 13.6 Å². The largest absolute Gasteiger partial charge is 0.453 e. The fraction of sp³-hybridized carbons (Fsp3) is 0.917. The van der Waals surface area contributed by atoms with E-state index in [1.807, 2.05) is 6.92 Å². The molecule has 126 valence electrons. The van der Waals surface area contributed by atoms with Gasteiger partial charge in [-0.1, -0.05) is 6.92 Å². The van der Waals surface area contributed by atoms with Gasteiger partial charge in [0.25, 0.3) is 0 Å². The molecule has 21 heavy (non-hydrogen) atoms. The highest BCUT2D eigenvalue weighted by atomic mass is 31.2. The molecule has 0 spiro atoms. The maximum absolute atomic E-state index is 12.5. The Morgan fingerprint density at radius 1 is 0.810 bits per heavy atom. The predicted octanol–water partition coefficient (Wildman–Crippen LogP) is 4.28. The van der Waals surface area contributed by atoms with E-state index in [9.17, 15) is 9.13 Å². The summed E-state index contributed by atoms with van der Waals surface area (Å²) < 4.78 is 49.6. The molecular weight excluding hydrogens is 316 g/mol. The van der Waals surface area contributed by atoms with Crippen molar-refractivity contribution in [3.8, 4) is 0 Å². The minimum Gasteiger partial charge on any atom is -0.309 e. The Kier molecular flexibility index (Phi) is 10.6. The lowest BCUT2D eigenvalue weighted by molar-refractivity contribution is 0.221. The maximum Gasteiger partial charge on any atom is 0.453 e. The summed E-state index contributed by atoms with van der Waals surface area (Å²) in [5.74, 6) is 0. The normalized spacial score (nSPS) is 13.7. The molecule has 0 aliphatic heterocycles. The summed E-state index contributed by atoms with van der Waals surface area (Å²) in [5, 5.41) is 0. The highest BCUT2D eigenvalue weighted by Crippen LogP contribution is 2.53. The lowest BCUT2D eigenvalue weighted by atomic mass is 10.3. The van der Waals surface area contributed by atoms with Crippen molar-refractivity contribution in [2.75, 3.05) is 32.6 Å². The second kappa shape index (κ2) is 10.7. The molecule has 0 aliphatic rings. The Bertz CT molecular complexity index is 393. The van der Waals surface area contributed by atoms with Crippen LogP contribution < -0.4 is 0 Å². The minimum absolute atomic E-state index is 0.0185. The summed E-state index contributed by atoms with van der Waals surface area (Å²) in [6.07, 6.45) is 0.434. The van der Waals surface area contributed by atoms with E-state index in [-0.39, 0.29) is 32.6 Å². The van der Waals surface area contributed by atoms with Crippen LogP contribution in [0.1, 0.15) is 41.0 Å². The quantitative estimate of drug-likeness (QED) is 0.388. The molecule has 0 aromatic rings. The molecule has 0 saturated carbocycles. The van der Waals surface area contributed by atoms with Crippen molar-refractivity contribution in [1.82, 2.24) is 0 Å². The van der Waals surface area contributed by atoms with E-state index in [1.165, 1.54) is 0 Å². The first-order chi connectivity index (χ1) is 9.88. The summed E-state index contributed by atoms with van der Waals surface area (Å²) in [5.41, 5.74) is 0.436. The van der Waals surface area contributed by atoms with E-state index < -0.39 is 15.3 Å². The summed E-state index contributed by atoms with van der Waals surface area (Å²) in [4.78, 5) is 0. The fourth-order valence-corrected chi connectivity index (χ4v) is 4.85. The van der Waals surface area contributed by atoms with E-state index in [4.69, 9.17) is 18.1 Å². The van der Waals surface area contributed by atoms with Crippen LogP contribution in [0.15, 0.2) is 4.76 Å². The molecular formula is C12H27NO6P2. The molecule has 0 bridgehead atoms. The third-order valence-electron chi connectivity index (χ3n) is 2.28. The molecule has 0 atom stereocenters. The van der Waals surface area contributed by atoms with Crippen LogP contribution in [0.4, 0.5) is 0 Å². The van der Waals surface area contributed by atoms with Gasteiger partial charge in [0.1, 0.15) is 0 Å². The molecule has 7 nitrogen and oxygen atoms in total. The first kappa shape index (κ1) is 21.0. The number of nitrogens with zero attached hydrogens (tertiary/aromatic N) is 1. The molecule has 0 unspecified atom stereocenters. The van der Waals surface area contributed by atoms with Crippen LogP contribution in [-0.4, -0.2) is 38.3 Å². The van der Waals surface area contributed by atoms with Crippen molar-refractivity contribution in [2.24, 2.45) is 4.76 Å². The Morgan fingerprint density at radius 2 is 1.24 bits per heavy atom. The predicted molar refractivity (Wildman–Crippen MR) is 84.3 cm³/mol. The Labute approximate surface area is 127 Å². The Balaban J connectivity index is 5.23. The molecule has 0 amide bonds. The lowest BCUT2D eigenvalue weighted by Gasteiger charge is -2.19. The first-order valence-electron chi connectivity index (χ1n) is 7.23. The molecule has 0 saturated heterocycles. The molecule has 0 aromatic carbocycles. The van der Waals surface area contributed by atoms with Crippen molar-refractivity contribution < 1.29 is 27.2 Å². The zero-order valence-electron chi connectivity index (χ0n) is 13.5.